The summed E-state index contributed by atoms with van der Waals surface area (Å²) in [5.41, 5.74) is 1.61. The van der Waals surface area contributed by atoms with Gasteiger partial charge in [0, 0.05) is 31.7 Å². The maximum atomic E-state index is 4.47. The van der Waals surface area contributed by atoms with Gasteiger partial charge >= 0.3 is 0 Å². The molecule has 2 unspecified atom stereocenters. The summed E-state index contributed by atoms with van der Waals surface area (Å²) in [6.45, 7) is 7.05. The van der Waals surface area contributed by atoms with Crippen molar-refractivity contribution < 1.29 is 0 Å². The van der Waals surface area contributed by atoms with E-state index in [0.29, 0.717) is 11.5 Å². The highest BCUT2D eigenvalue weighted by Crippen LogP contribution is 2.38. The molecule has 3 rings (SSSR count). The Labute approximate surface area is 115 Å². The van der Waals surface area contributed by atoms with Crippen LogP contribution in [0.3, 0.4) is 0 Å². The van der Waals surface area contributed by atoms with Crippen LogP contribution >= 0.6 is 0 Å². The fraction of sp³-hybridized carbons (Fsp3) is 0.733. The molecule has 0 aliphatic carbocycles. The van der Waals surface area contributed by atoms with Gasteiger partial charge < -0.3 is 5.32 Å². The SMILES string of the molecule is CC(c1cnccn1)N1CCCC2(CCCNC2)C1. The standard InChI is InChI=1S/C15H24N4/c1-13(14-10-16-7-8-18-14)19-9-3-5-15(12-19)4-2-6-17-11-15/h7-8,10,13,17H,2-6,9,11-12H2,1H3. The third kappa shape index (κ3) is 2.79. The first-order valence-electron chi connectivity index (χ1n) is 7.50. The number of rotatable bonds is 2. The zero-order valence-corrected chi connectivity index (χ0v) is 11.8. The number of likely N-dealkylation sites (tertiary alicyclic amines) is 1. The Bertz CT molecular complexity index is 394. The van der Waals surface area contributed by atoms with E-state index >= 15 is 0 Å². The first-order valence-corrected chi connectivity index (χ1v) is 7.50. The Morgan fingerprint density at radius 1 is 1.32 bits per heavy atom. The number of aromatic nitrogens is 2. The molecule has 4 nitrogen and oxygen atoms in total. The first-order chi connectivity index (χ1) is 9.29. The van der Waals surface area contributed by atoms with Crippen LogP contribution < -0.4 is 5.32 Å². The van der Waals surface area contributed by atoms with Crippen molar-refractivity contribution in [3.8, 4) is 0 Å². The van der Waals surface area contributed by atoms with Crippen molar-refractivity contribution >= 4 is 0 Å². The molecule has 0 bridgehead atoms. The summed E-state index contributed by atoms with van der Waals surface area (Å²) in [6, 6.07) is 0.382. The third-order valence-electron chi connectivity index (χ3n) is 4.81. The van der Waals surface area contributed by atoms with Crippen molar-refractivity contribution in [3.63, 3.8) is 0 Å². The fourth-order valence-electron chi connectivity index (χ4n) is 3.67. The maximum absolute atomic E-state index is 4.47. The van der Waals surface area contributed by atoms with Gasteiger partial charge in [-0.2, -0.15) is 0 Å². The molecule has 0 radical (unpaired) electrons. The van der Waals surface area contributed by atoms with Crippen LogP contribution in [0.15, 0.2) is 18.6 Å². The minimum Gasteiger partial charge on any atom is -0.316 e. The molecule has 1 spiro atoms. The molecule has 19 heavy (non-hydrogen) atoms. The Balaban J connectivity index is 1.71. The van der Waals surface area contributed by atoms with E-state index in [1.54, 1.807) is 12.4 Å². The largest absolute Gasteiger partial charge is 0.316 e. The van der Waals surface area contributed by atoms with E-state index < -0.39 is 0 Å². The van der Waals surface area contributed by atoms with Crippen molar-refractivity contribution in [3.05, 3.63) is 24.3 Å². The number of hydrogen-bond acceptors (Lipinski definition) is 4. The summed E-state index contributed by atoms with van der Waals surface area (Å²) in [4.78, 5) is 11.3. The Kier molecular flexibility index (Phi) is 3.80. The van der Waals surface area contributed by atoms with Crippen molar-refractivity contribution in [1.29, 1.82) is 0 Å². The number of piperidine rings is 2. The lowest BCUT2D eigenvalue weighted by Gasteiger charge is -2.47. The average Bonchev–Trinajstić information content (AvgIpc) is 2.48. The molecule has 2 aliphatic rings. The third-order valence-corrected chi connectivity index (χ3v) is 4.81. The van der Waals surface area contributed by atoms with Crippen LogP contribution in [0.2, 0.25) is 0 Å². The second-order valence-electron chi connectivity index (χ2n) is 6.16. The molecular weight excluding hydrogens is 236 g/mol. The predicted octanol–water partition coefficient (Wildman–Crippen LogP) is 2.00. The van der Waals surface area contributed by atoms with Crippen LogP contribution in [0.1, 0.15) is 44.3 Å². The lowest BCUT2D eigenvalue weighted by Crippen LogP contribution is -2.51. The monoisotopic (exact) mass is 260 g/mol. The summed E-state index contributed by atoms with van der Waals surface area (Å²) >= 11 is 0. The quantitative estimate of drug-likeness (QED) is 0.883. The fourth-order valence-corrected chi connectivity index (χ4v) is 3.67. The van der Waals surface area contributed by atoms with Gasteiger partial charge in [-0.1, -0.05) is 0 Å². The molecule has 0 saturated carbocycles. The van der Waals surface area contributed by atoms with E-state index in [2.05, 4.69) is 27.1 Å². The van der Waals surface area contributed by atoms with Gasteiger partial charge in [0.25, 0.3) is 0 Å². The molecule has 2 fully saturated rings. The number of hydrogen-bond donors (Lipinski definition) is 1. The molecule has 0 aromatic carbocycles. The van der Waals surface area contributed by atoms with Crippen LogP contribution in [0.4, 0.5) is 0 Å². The molecule has 3 heterocycles. The number of nitrogens with one attached hydrogen (secondary N) is 1. The second-order valence-corrected chi connectivity index (χ2v) is 6.16. The van der Waals surface area contributed by atoms with E-state index in [1.807, 2.05) is 6.20 Å². The highest BCUT2D eigenvalue weighted by molar-refractivity contribution is 5.03. The Morgan fingerprint density at radius 2 is 2.21 bits per heavy atom. The van der Waals surface area contributed by atoms with Gasteiger partial charge in [0.2, 0.25) is 0 Å². The lowest BCUT2D eigenvalue weighted by atomic mass is 9.74. The molecule has 1 aromatic rings. The maximum Gasteiger partial charge on any atom is 0.0755 e. The smallest absolute Gasteiger partial charge is 0.0755 e. The van der Waals surface area contributed by atoms with E-state index in [0.717, 1.165) is 5.69 Å². The molecule has 0 amide bonds. The Hall–Kier alpha value is -1.00. The van der Waals surface area contributed by atoms with Crippen LogP contribution in [0.25, 0.3) is 0 Å². The van der Waals surface area contributed by atoms with Crippen molar-refractivity contribution in [2.75, 3.05) is 26.2 Å². The summed E-state index contributed by atoms with van der Waals surface area (Å²) in [6.07, 6.45) is 10.9. The summed E-state index contributed by atoms with van der Waals surface area (Å²) in [5.74, 6) is 0. The molecule has 2 saturated heterocycles. The van der Waals surface area contributed by atoms with Crippen LogP contribution in [0.5, 0.6) is 0 Å². The molecular formula is C15H24N4. The van der Waals surface area contributed by atoms with Gasteiger partial charge in [-0.05, 0) is 51.1 Å². The average molecular weight is 260 g/mol. The van der Waals surface area contributed by atoms with Crippen molar-refractivity contribution in [1.82, 2.24) is 20.2 Å². The topological polar surface area (TPSA) is 41.1 Å². The summed E-state index contributed by atoms with van der Waals surface area (Å²) in [7, 11) is 0. The first kappa shape index (κ1) is 13.0. The van der Waals surface area contributed by atoms with E-state index in [4.69, 9.17) is 0 Å². The summed E-state index contributed by atoms with van der Waals surface area (Å²) in [5, 5.41) is 3.59. The highest BCUT2D eigenvalue weighted by atomic mass is 15.2. The van der Waals surface area contributed by atoms with E-state index in [9.17, 15) is 0 Å². The zero-order valence-electron chi connectivity index (χ0n) is 11.8. The van der Waals surface area contributed by atoms with Gasteiger partial charge in [0.15, 0.2) is 0 Å². The molecule has 2 atom stereocenters. The van der Waals surface area contributed by atoms with Crippen LogP contribution in [0, 0.1) is 5.41 Å². The minimum absolute atomic E-state index is 0.382. The minimum atomic E-state index is 0.382. The van der Waals surface area contributed by atoms with Crippen molar-refractivity contribution in [2.45, 2.75) is 38.6 Å². The summed E-state index contributed by atoms with van der Waals surface area (Å²) < 4.78 is 0. The molecule has 1 N–H and O–H groups in total. The molecule has 4 heteroatoms. The number of nitrogens with zero attached hydrogens (tertiary/aromatic N) is 3. The van der Waals surface area contributed by atoms with E-state index in [-0.39, 0.29) is 0 Å². The van der Waals surface area contributed by atoms with Crippen LogP contribution in [-0.4, -0.2) is 41.0 Å². The van der Waals surface area contributed by atoms with E-state index in [1.165, 1.54) is 51.9 Å². The predicted molar refractivity (Wildman–Crippen MR) is 75.8 cm³/mol. The molecule has 2 aliphatic heterocycles. The van der Waals surface area contributed by atoms with Gasteiger partial charge in [-0.15, -0.1) is 0 Å². The normalized spacial score (nSPS) is 30.4. The molecule has 1 aromatic heterocycles. The van der Waals surface area contributed by atoms with Gasteiger partial charge in [-0.25, -0.2) is 0 Å². The Morgan fingerprint density at radius 3 is 2.95 bits per heavy atom. The zero-order chi connectivity index (χ0) is 13.1. The molecule has 104 valence electrons. The lowest BCUT2D eigenvalue weighted by molar-refractivity contribution is 0.0404. The highest BCUT2D eigenvalue weighted by Gasteiger charge is 2.38. The van der Waals surface area contributed by atoms with Gasteiger partial charge in [0.05, 0.1) is 11.7 Å². The van der Waals surface area contributed by atoms with Crippen LogP contribution in [-0.2, 0) is 0 Å². The van der Waals surface area contributed by atoms with Crippen molar-refractivity contribution in [2.24, 2.45) is 5.41 Å². The van der Waals surface area contributed by atoms with Gasteiger partial charge in [0.1, 0.15) is 0 Å². The van der Waals surface area contributed by atoms with Gasteiger partial charge in [-0.3, -0.25) is 14.9 Å². The second kappa shape index (κ2) is 5.55.